The van der Waals surface area contributed by atoms with Crippen LogP contribution in [0.2, 0.25) is 0 Å². The van der Waals surface area contributed by atoms with Gasteiger partial charge >= 0.3 is 0 Å². The minimum Gasteiger partial charge on any atom is -0.383 e. The van der Waals surface area contributed by atoms with E-state index in [1.54, 1.807) is 6.07 Å². The molecule has 106 valence electrons. The molecule has 0 bridgehead atoms. The fourth-order valence-electron chi connectivity index (χ4n) is 1.96. The minimum absolute atomic E-state index is 0.425. The van der Waals surface area contributed by atoms with Gasteiger partial charge in [-0.1, -0.05) is 0 Å². The standard InChI is InChI=1S/C14H18BrN5/c1-3-20(4-2)11-7-5-10(6-8-11)17-14-18-12(15)9-13(16)19-14/h5-9H,3-4H2,1-2H3,(H3,16,17,18,19). The van der Waals surface area contributed by atoms with Crippen LogP contribution in [0.4, 0.5) is 23.1 Å². The number of rotatable bonds is 5. The lowest BCUT2D eigenvalue weighted by Crippen LogP contribution is -2.21. The lowest BCUT2D eigenvalue weighted by molar-refractivity contribution is 0.866. The Morgan fingerprint density at radius 3 is 2.35 bits per heavy atom. The highest BCUT2D eigenvalue weighted by Gasteiger charge is 2.04. The van der Waals surface area contributed by atoms with Gasteiger partial charge in [0, 0.05) is 30.5 Å². The van der Waals surface area contributed by atoms with Crippen molar-refractivity contribution in [3.8, 4) is 0 Å². The minimum atomic E-state index is 0.425. The van der Waals surface area contributed by atoms with Gasteiger partial charge in [0.2, 0.25) is 5.95 Å². The molecule has 0 saturated heterocycles. The van der Waals surface area contributed by atoms with Gasteiger partial charge in [0.25, 0.3) is 0 Å². The second-order valence-corrected chi connectivity index (χ2v) is 5.10. The van der Waals surface area contributed by atoms with Crippen molar-refractivity contribution in [2.45, 2.75) is 13.8 Å². The van der Waals surface area contributed by atoms with Gasteiger partial charge < -0.3 is 16.0 Å². The van der Waals surface area contributed by atoms with E-state index in [1.165, 1.54) is 5.69 Å². The molecule has 0 radical (unpaired) electrons. The highest BCUT2D eigenvalue weighted by molar-refractivity contribution is 9.10. The highest BCUT2D eigenvalue weighted by Crippen LogP contribution is 2.21. The second kappa shape index (κ2) is 6.56. The van der Waals surface area contributed by atoms with Crippen LogP contribution in [0.25, 0.3) is 0 Å². The van der Waals surface area contributed by atoms with Crippen LogP contribution in [0.15, 0.2) is 34.9 Å². The average Bonchev–Trinajstić information content (AvgIpc) is 2.41. The molecule has 5 nitrogen and oxygen atoms in total. The molecule has 1 aromatic carbocycles. The van der Waals surface area contributed by atoms with Crippen molar-refractivity contribution in [1.82, 2.24) is 9.97 Å². The van der Waals surface area contributed by atoms with Gasteiger partial charge in [-0.25, -0.2) is 4.98 Å². The number of nitrogens with two attached hydrogens (primary N) is 1. The first-order chi connectivity index (χ1) is 9.62. The van der Waals surface area contributed by atoms with Gasteiger partial charge in [-0.3, -0.25) is 0 Å². The van der Waals surface area contributed by atoms with Crippen molar-refractivity contribution in [3.05, 3.63) is 34.9 Å². The number of nitrogen functional groups attached to an aromatic ring is 1. The first-order valence-corrected chi connectivity index (χ1v) is 7.33. The number of benzene rings is 1. The molecule has 0 amide bonds. The third kappa shape index (κ3) is 3.60. The van der Waals surface area contributed by atoms with E-state index in [-0.39, 0.29) is 0 Å². The number of nitrogens with one attached hydrogen (secondary N) is 1. The van der Waals surface area contributed by atoms with E-state index in [9.17, 15) is 0 Å². The highest BCUT2D eigenvalue weighted by atomic mass is 79.9. The zero-order chi connectivity index (χ0) is 14.5. The number of nitrogens with zero attached hydrogens (tertiary/aromatic N) is 3. The molecule has 0 spiro atoms. The van der Waals surface area contributed by atoms with Crippen molar-refractivity contribution in [3.63, 3.8) is 0 Å². The Kier molecular flexibility index (Phi) is 4.79. The van der Waals surface area contributed by atoms with E-state index in [4.69, 9.17) is 5.73 Å². The molecular formula is C14H18BrN5. The molecule has 0 fully saturated rings. The summed E-state index contributed by atoms with van der Waals surface area (Å²) in [5.41, 5.74) is 7.82. The molecule has 0 aliphatic heterocycles. The molecule has 0 saturated carbocycles. The molecule has 2 aromatic rings. The van der Waals surface area contributed by atoms with E-state index >= 15 is 0 Å². The largest absolute Gasteiger partial charge is 0.383 e. The van der Waals surface area contributed by atoms with Crippen molar-refractivity contribution in [2.24, 2.45) is 0 Å². The van der Waals surface area contributed by atoms with Gasteiger partial charge in [0.1, 0.15) is 10.4 Å². The molecule has 0 aliphatic rings. The Morgan fingerprint density at radius 2 is 1.80 bits per heavy atom. The van der Waals surface area contributed by atoms with Gasteiger partial charge in [0.05, 0.1) is 0 Å². The fraction of sp³-hybridized carbons (Fsp3) is 0.286. The maximum Gasteiger partial charge on any atom is 0.230 e. The number of anilines is 4. The van der Waals surface area contributed by atoms with E-state index in [0.29, 0.717) is 16.4 Å². The summed E-state index contributed by atoms with van der Waals surface area (Å²) in [4.78, 5) is 10.6. The van der Waals surface area contributed by atoms with Crippen LogP contribution in [0.3, 0.4) is 0 Å². The number of aromatic nitrogens is 2. The van der Waals surface area contributed by atoms with E-state index in [0.717, 1.165) is 18.8 Å². The first-order valence-electron chi connectivity index (χ1n) is 6.54. The van der Waals surface area contributed by atoms with E-state index in [2.05, 4.69) is 62.1 Å². The summed E-state index contributed by atoms with van der Waals surface area (Å²) in [6.07, 6.45) is 0. The lowest BCUT2D eigenvalue weighted by Gasteiger charge is -2.21. The summed E-state index contributed by atoms with van der Waals surface area (Å²) >= 11 is 3.30. The molecule has 20 heavy (non-hydrogen) atoms. The van der Waals surface area contributed by atoms with Gasteiger partial charge in [-0.15, -0.1) is 0 Å². The van der Waals surface area contributed by atoms with Crippen molar-refractivity contribution >= 4 is 39.1 Å². The summed E-state index contributed by atoms with van der Waals surface area (Å²) in [5, 5.41) is 3.14. The Labute approximate surface area is 127 Å². The van der Waals surface area contributed by atoms with Crippen LogP contribution >= 0.6 is 15.9 Å². The molecular weight excluding hydrogens is 318 g/mol. The fourth-order valence-corrected chi connectivity index (χ4v) is 2.37. The van der Waals surface area contributed by atoms with E-state index in [1.807, 2.05) is 12.1 Å². The Hall–Kier alpha value is -1.82. The Balaban J connectivity index is 2.14. The molecule has 6 heteroatoms. The molecule has 0 aliphatic carbocycles. The quantitative estimate of drug-likeness (QED) is 0.819. The summed E-state index contributed by atoms with van der Waals surface area (Å²) in [7, 11) is 0. The predicted molar refractivity (Wildman–Crippen MR) is 87.4 cm³/mol. The van der Waals surface area contributed by atoms with Gasteiger partial charge in [0.15, 0.2) is 0 Å². The van der Waals surface area contributed by atoms with Crippen molar-refractivity contribution in [1.29, 1.82) is 0 Å². The smallest absolute Gasteiger partial charge is 0.230 e. The second-order valence-electron chi connectivity index (χ2n) is 4.28. The maximum atomic E-state index is 5.69. The third-order valence-corrected chi connectivity index (χ3v) is 3.37. The van der Waals surface area contributed by atoms with Crippen LogP contribution in [-0.4, -0.2) is 23.1 Å². The first kappa shape index (κ1) is 14.6. The number of halogens is 1. The predicted octanol–water partition coefficient (Wildman–Crippen LogP) is 3.41. The van der Waals surface area contributed by atoms with Gasteiger partial charge in [-0.05, 0) is 54.0 Å². The Morgan fingerprint density at radius 1 is 1.15 bits per heavy atom. The summed E-state index contributed by atoms with van der Waals surface area (Å²) in [6.45, 7) is 6.28. The topological polar surface area (TPSA) is 67.1 Å². The SMILES string of the molecule is CCN(CC)c1ccc(Nc2nc(N)cc(Br)n2)cc1. The Bertz CT molecular complexity index is 546. The van der Waals surface area contributed by atoms with Crippen LogP contribution in [0.1, 0.15) is 13.8 Å². The maximum absolute atomic E-state index is 5.69. The van der Waals surface area contributed by atoms with Crippen LogP contribution < -0.4 is 16.0 Å². The average molecular weight is 336 g/mol. The van der Waals surface area contributed by atoms with Crippen LogP contribution in [-0.2, 0) is 0 Å². The molecule has 0 unspecified atom stereocenters. The molecule has 3 N–H and O–H groups in total. The third-order valence-electron chi connectivity index (χ3n) is 2.97. The monoisotopic (exact) mass is 335 g/mol. The van der Waals surface area contributed by atoms with Crippen molar-refractivity contribution < 1.29 is 0 Å². The van der Waals surface area contributed by atoms with Gasteiger partial charge in [-0.2, -0.15) is 4.98 Å². The molecule has 1 aromatic heterocycles. The normalized spacial score (nSPS) is 10.3. The van der Waals surface area contributed by atoms with E-state index < -0.39 is 0 Å². The lowest BCUT2D eigenvalue weighted by atomic mass is 10.2. The zero-order valence-electron chi connectivity index (χ0n) is 11.6. The molecule has 0 atom stereocenters. The summed E-state index contributed by atoms with van der Waals surface area (Å²) in [5.74, 6) is 0.904. The molecule has 1 heterocycles. The van der Waals surface area contributed by atoms with Crippen molar-refractivity contribution in [2.75, 3.05) is 29.0 Å². The molecule has 2 rings (SSSR count). The number of hydrogen-bond acceptors (Lipinski definition) is 5. The number of hydrogen-bond donors (Lipinski definition) is 2. The van der Waals surface area contributed by atoms with Crippen LogP contribution in [0.5, 0.6) is 0 Å². The summed E-state index contributed by atoms with van der Waals surface area (Å²) in [6, 6.07) is 9.84. The summed E-state index contributed by atoms with van der Waals surface area (Å²) < 4.78 is 0.660. The zero-order valence-corrected chi connectivity index (χ0v) is 13.2. The van der Waals surface area contributed by atoms with Crippen LogP contribution in [0, 0.1) is 0 Å².